The first kappa shape index (κ1) is 20.6. The summed E-state index contributed by atoms with van der Waals surface area (Å²) in [5, 5.41) is 8.55. The molecule has 30 heavy (non-hydrogen) atoms. The van der Waals surface area contributed by atoms with Crippen LogP contribution in [0.15, 0.2) is 30.3 Å². The van der Waals surface area contributed by atoms with Gasteiger partial charge in [0.05, 0.1) is 12.2 Å². The predicted molar refractivity (Wildman–Crippen MR) is 118 cm³/mol. The zero-order valence-electron chi connectivity index (χ0n) is 17.6. The van der Waals surface area contributed by atoms with Crippen LogP contribution in [-0.4, -0.2) is 33.8 Å². The molecule has 0 unspecified atom stereocenters. The van der Waals surface area contributed by atoms with E-state index < -0.39 is 12.1 Å². The second-order valence-electron chi connectivity index (χ2n) is 8.10. The first-order chi connectivity index (χ1) is 14.4. The Kier molecular flexibility index (Phi) is 5.90. The molecule has 1 aromatic carbocycles. The maximum atomic E-state index is 12.7. The molecular weight excluding hydrogens is 398 g/mol. The zero-order chi connectivity index (χ0) is 21.3. The van der Waals surface area contributed by atoms with E-state index in [9.17, 15) is 9.59 Å². The number of carbonyl (C=O) groups excluding carboxylic acids is 2. The average Bonchev–Trinajstić information content (AvgIpc) is 3.43. The molecule has 1 aliphatic rings. The summed E-state index contributed by atoms with van der Waals surface area (Å²) in [6.45, 7) is 6.26. The summed E-state index contributed by atoms with van der Waals surface area (Å²) < 4.78 is 7.37. The van der Waals surface area contributed by atoms with Crippen molar-refractivity contribution in [3.8, 4) is 0 Å². The fourth-order valence-electron chi connectivity index (χ4n) is 3.85. The molecule has 4 rings (SSSR count). The van der Waals surface area contributed by atoms with E-state index in [1.54, 1.807) is 6.92 Å². The molecule has 0 radical (unpaired) electrons. The standard InChI is InChI=1S/C23H27N3O3S/c1-14-8-10-17(11-9-14)13-26-22-19(15(2)25-26)12-20(30-22)23(28)29-16(3)21(27)24-18-6-4-5-7-18/h8-12,16,18H,4-7,13H2,1-3H3,(H,24,27)/t16-/m1/s1. The minimum absolute atomic E-state index is 0.207. The average molecular weight is 426 g/mol. The molecule has 1 amide bonds. The first-order valence-corrected chi connectivity index (χ1v) is 11.3. The molecule has 0 bridgehead atoms. The van der Waals surface area contributed by atoms with E-state index in [1.165, 1.54) is 16.9 Å². The zero-order valence-corrected chi connectivity index (χ0v) is 18.4. The van der Waals surface area contributed by atoms with Gasteiger partial charge in [-0.05, 0) is 45.2 Å². The summed E-state index contributed by atoms with van der Waals surface area (Å²) in [5.74, 6) is -0.690. The van der Waals surface area contributed by atoms with Gasteiger partial charge in [0.2, 0.25) is 0 Å². The third kappa shape index (κ3) is 4.41. The highest BCUT2D eigenvalue weighted by Gasteiger charge is 2.25. The predicted octanol–water partition coefficient (Wildman–Crippen LogP) is 4.37. The van der Waals surface area contributed by atoms with Crippen LogP contribution < -0.4 is 5.32 Å². The van der Waals surface area contributed by atoms with Crippen LogP contribution in [0.2, 0.25) is 0 Å². The Morgan fingerprint density at radius 2 is 1.93 bits per heavy atom. The lowest BCUT2D eigenvalue weighted by Crippen LogP contribution is -2.40. The van der Waals surface area contributed by atoms with E-state index in [2.05, 4.69) is 41.6 Å². The van der Waals surface area contributed by atoms with E-state index in [-0.39, 0.29) is 11.9 Å². The molecule has 3 aromatic rings. The number of nitrogens with one attached hydrogen (secondary N) is 1. The number of carbonyl (C=O) groups is 2. The van der Waals surface area contributed by atoms with E-state index in [1.807, 2.05) is 17.7 Å². The topological polar surface area (TPSA) is 73.2 Å². The maximum Gasteiger partial charge on any atom is 0.349 e. The number of fused-ring (bicyclic) bond motifs is 1. The van der Waals surface area contributed by atoms with Gasteiger partial charge in [-0.15, -0.1) is 11.3 Å². The summed E-state index contributed by atoms with van der Waals surface area (Å²) in [6.07, 6.45) is 3.46. The second kappa shape index (κ2) is 8.60. The normalized spacial score (nSPS) is 15.4. The van der Waals surface area contributed by atoms with E-state index in [4.69, 9.17) is 4.74 Å². The molecule has 1 atom stereocenters. The lowest BCUT2D eigenvalue weighted by molar-refractivity contribution is -0.129. The minimum atomic E-state index is -0.812. The molecule has 6 nitrogen and oxygen atoms in total. The number of nitrogens with zero attached hydrogens (tertiary/aromatic N) is 2. The highest BCUT2D eigenvalue weighted by atomic mass is 32.1. The van der Waals surface area contributed by atoms with Crippen molar-refractivity contribution < 1.29 is 14.3 Å². The molecule has 158 valence electrons. The van der Waals surface area contributed by atoms with E-state index in [0.29, 0.717) is 11.4 Å². The van der Waals surface area contributed by atoms with Gasteiger partial charge in [0.15, 0.2) is 6.10 Å². The van der Waals surface area contributed by atoms with Crippen LogP contribution in [0.4, 0.5) is 0 Å². The molecule has 2 aromatic heterocycles. The third-order valence-corrected chi connectivity index (χ3v) is 6.74. The van der Waals surface area contributed by atoms with Gasteiger partial charge in [-0.25, -0.2) is 4.79 Å². The number of aromatic nitrogens is 2. The summed E-state index contributed by atoms with van der Waals surface area (Å²) in [7, 11) is 0. The van der Waals surface area contributed by atoms with Crippen LogP contribution in [0.1, 0.15) is 59.1 Å². The van der Waals surface area contributed by atoms with Crippen LogP contribution in [-0.2, 0) is 16.1 Å². The van der Waals surface area contributed by atoms with Crippen molar-refractivity contribution in [2.45, 2.75) is 65.1 Å². The lowest BCUT2D eigenvalue weighted by atomic mass is 10.1. The lowest BCUT2D eigenvalue weighted by Gasteiger charge is -2.16. The number of ether oxygens (including phenoxy) is 1. The van der Waals surface area contributed by atoms with Crippen molar-refractivity contribution in [3.63, 3.8) is 0 Å². The minimum Gasteiger partial charge on any atom is -0.448 e. The molecule has 1 saturated carbocycles. The maximum absolute atomic E-state index is 12.7. The number of hydrogen-bond acceptors (Lipinski definition) is 5. The van der Waals surface area contributed by atoms with Gasteiger partial charge in [-0.1, -0.05) is 42.7 Å². The van der Waals surface area contributed by atoms with Crippen LogP contribution in [0, 0.1) is 13.8 Å². The molecule has 1 N–H and O–H groups in total. The van der Waals surface area contributed by atoms with Crippen molar-refractivity contribution in [2.75, 3.05) is 0 Å². The summed E-state index contributed by atoms with van der Waals surface area (Å²) in [4.78, 5) is 26.4. The fourth-order valence-corrected chi connectivity index (χ4v) is 4.89. The monoisotopic (exact) mass is 425 g/mol. The second-order valence-corrected chi connectivity index (χ2v) is 9.13. The highest BCUT2D eigenvalue weighted by molar-refractivity contribution is 7.20. The molecule has 1 fully saturated rings. The fraction of sp³-hybridized carbons (Fsp3) is 0.435. The Balaban J connectivity index is 1.46. The molecule has 1 aliphatic carbocycles. The number of rotatable bonds is 6. The molecule has 0 aliphatic heterocycles. The Morgan fingerprint density at radius 1 is 1.23 bits per heavy atom. The Morgan fingerprint density at radius 3 is 2.63 bits per heavy atom. The van der Waals surface area contributed by atoms with Gasteiger partial charge < -0.3 is 10.1 Å². The number of aryl methyl sites for hydroxylation is 2. The van der Waals surface area contributed by atoms with Gasteiger partial charge in [0.1, 0.15) is 9.71 Å². The Labute approximate surface area is 180 Å². The highest BCUT2D eigenvalue weighted by Crippen LogP contribution is 2.29. The quantitative estimate of drug-likeness (QED) is 0.595. The van der Waals surface area contributed by atoms with Gasteiger partial charge >= 0.3 is 5.97 Å². The smallest absolute Gasteiger partial charge is 0.349 e. The van der Waals surface area contributed by atoms with Crippen LogP contribution in [0.3, 0.4) is 0 Å². The van der Waals surface area contributed by atoms with Crippen molar-refractivity contribution in [1.29, 1.82) is 0 Å². The molecule has 0 spiro atoms. The largest absolute Gasteiger partial charge is 0.448 e. The van der Waals surface area contributed by atoms with Gasteiger partial charge in [0.25, 0.3) is 5.91 Å². The number of thiophene rings is 1. The SMILES string of the molecule is Cc1ccc(Cn2nc(C)c3cc(C(=O)O[C@H](C)C(=O)NC4CCCC4)sc32)cc1. The van der Waals surface area contributed by atoms with Crippen LogP contribution in [0.5, 0.6) is 0 Å². The third-order valence-electron chi connectivity index (χ3n) is 5.62. The molecule has 7 heteroatoms. The molecular formula is C23H27N3O3S. The molecule has 2 heterocycles. The number of benzene rings is 1. The summed E-state index contributed by atoms with van der Waals surface area (Å²) in [5.41, 5.74) is 3.24. The molecule has 0 saturated heterocycles. The van der Waals surface area contributed by atoms with Crippen LogP contribution in [0.25, 0.3) is 10.2 Å². The van der Waals surface area contributed by atoms with Crippen molar-refractivity contribution in [2.24, 2.45) is 0 Å². The Hall–Kier alpha value is -2.67. The number of amides is 1. The van der Waals surface area contributed by atoms with Crippen molar-refractivity contribution >= 4 is 33.4 Å². The Bertz CT molecular complexity index is 1060. The van der Waals surface area contributed by atoms with Crippen molar-refractivity contribution in [1.82, 2.24) is 15.1 Å². The van der Waals surface area contributed by atoms with E-state index >= 15 is 0 Å². The van der Waals surface area contributed by atoms with Gasteiger partial charge in [-0.3, -0.25) is 9.48 Å². The summed E-state index contributed by atoms with van der Waals surface area (Å²) in [6, 6.07) is 10.4. The number of esters is 1. The van der Waals surface area contributed by atoms with Gasteiger partial charge in [-0.2, -0.15) is 5.10 Å². The van der Waals surface area contributed by atoms with Crippen molar-refractivity contribution in [3.05, 3.63) is 52.0 Å². The number of hydrogen-bond donors (Lipinski definition) is 1. The van der Waals surface area contributed by atoms with Gasteiger partial charge in [0, 0.05) is 11.4 Å². The van der Waals surface area contributed by atoms with E-state index in [0.717, 1.165) is 47.2 Å². The first-order valence-electron chi connectivity index (χ1n) is 10.4. The van der Waals surface area contributed by atoms with Crippen LogP contribution >= 0.6 is 11.3 Å². The summed E-state index contributed by atoms with van der Waals surface area (Å²) >= 11 is 1.36.